The lowest BCUT2D eigenvalue weighted by atomic mass is 10.1. The Hall–Kier alpha value is -3.59. The molecule has 0 fully saturated rings. The maximum absolute atomic E-state index is 13.0. The Morgan fingerprint density at radius 2 is 2.06 bits per heavy atom. The summed E-state index contributed by atoms with van der Waals surface area (Å²) in [6.45, 7) is 4.25. The number of ether oxygens (including phenoxy) is 1. The first-order chi connectivity index (χ1) is 15.0. The normalized spacial score (nSPS) is 11.8. The molecule has 1 atom stereocenters. The van der Waals surface area contributed by atoms with Crippen LogP contribution in [0.4, 0.5) is 5.95 Å². The van der Waals surface area contributed by atoms with E-state index in [0.29, 0.717) is 23.2 Å². The van der Waals surface area contributed by atoms with Gasteiger partial charge in [0.05, 0.1) is 35.6 Å². The molecule has 1 amide bonds. The summed E-state index contributed by atoms with van der Waals surface area (Å²) < 4.78 is 5.90. The van der Waals surface area contributed by atoms with Gasteiger partial charge in [-0.15, -0.1) is 11.3 Å². The molecule has 0 saturated heterocycles. The summed E-state index contributed by atoms with van der Waals surface area (Å²) in [5, 5.41) is 6.18. The van der Waals surface area contributed by atoms with Gasteiger partial charge in [-0.1, -0.05) is 12.1 Å². The number of hydrogen-bond acceptors (Lipinski definition) is 8. The highest BCUT2D eigenvalue weighted by Gasteiger charge is 2.18. The van der Waals surface area contributed by atoms with E-state index in [9.17, 15) is 4.79 Å². The second kappa shape index (κ2) is 9.05. The predicted molar refractivity (Wildman–Crippen MR) is 120 cm³/mol. The Balaban J connectivity index is 1.59. The number of aryl methyl sites for hydroxylation is 1. The van der Waals surface area contributed by atoms with E-state index in [0.717, 1.165) is 20.7 Å². The van der Waals surface area contributed by atoms with Gasteiger partial charge in [0.1, 0.15) is 0 Å². The Labute approximate surface area is 183 Å². The van der Waals surface area contributed by atoms with Gasteiger partial charge in [-0.3, -0.25) is 9.78 Å². The standard InChI is InChI=1S/C22H22N6O2S/c1-13-10-17-20(31-13)19(21(29)24-12-16-7-4-8-18(26-16)30-3)28-22(27-17)25-14(2)15-6-5-9-23-11-15/h4-11,14H,12H2,1-3H3,(H,24,29)(H,25,27,28)/t14-/m0/s1. The van der Waals surface area contributed by atoms with Gasteiger partial charge in [0.25, 0.3) is 5.91 Å². The molecule has 2 N–H and O–H groups in total. The molecule has 0 saturated carbocycles. The van der Waals surface area contributed by atoms with Crippen molar-refractivity contribution in [2.24, 2.45) is 0 Å². The SMILES string of the molecule is COc1cccc(CNC(=O)c2nc(N[C@@H](C)c3cccnc3)nc3cc(C)sc23)n1. The minimum Gasteiger partial charge on any atom is -0.481 e. The second-order valence-corrected chi connectivity index (χ2v) is 8.23. The lowest BCUT2D eigenvalue weighted by Crippen LogP contribution is -2.25. The number of pyridine rings is 2. The van der Waals surface area contributed by atoms with Crippen LogP contribution >= 0.6 is 11.3 Å². The van der Waals surface area contributed by atoms with Gasteiger partial charge in [-0.25, -0.2) is 15.0 Å². The van der Waals surface area contributed by atoms with Crippen LogP contribution in [0.25, 0.3) is 10.2 Å². The third-order valence-corrected chi connectivity index (χ3v) is 5.71. The van der Waals surface area contributed by atoms with Gasteiger partial charge < -0.3 is 15.4 Å². The molecule has 0 radical (unpaired) electrons. The van der Waals surface area contributed by atoms with Gasteiger partial charge in [0.2, 0.25) is 11.8 Å². The largest absolute Gasteiger partial charge is 0.481 e. The summed E-state index contributed by atoms with van der Waals surface area (Å²) in [6, 6.07) is 11.2. The maximum atomic E-state index is 13.0. The lowest BCUT2D eigenvalue weighted by molar-refractivity contribution is 0.0947. The number of nitrogens with zero attached hydrogens (tertiary/aromatic N) is 4. The van der Waals surface area contributed by atoms with Crippen molar-refractivity contribution in [1.29, 1.82) is 0 Å². The van der Waals surface area contributed by atoms with Crippen molar-refractivity contribution in [3.63, 3.8) is 0 Å². The van der Waals surface area contributed by atoms with Gasteiger partial charge in [-0.05, 0) is 37.6 Å². The lowest BCUT2D eigenvalue weighted by Gasteiger charge is -2.14. The molecule has 9 heteroatoms. The molecule has 0 aliphatic heterocycles. The van der Waals surface area contributed by atoms with Crippen molar-refractivity contribution in [2.75, 3.05) is 12.4 Å². The quantitative estimate of drug-likeness (QED) is 0.455. The predicted octanol–water partition coefficient (Wildman–Crippen LogP) is 3.90. The van der Waals surface area contributed by atoms with Crippen molar-refractivity contribution >= 4 is 33.4 Å². The number of carbonyl (C=O) groups is 1. The fraction of sp³-hybridized carbons (Fsp3) is 0.227. The van der Waals surface area contributed by atoms with Crippen LogP contribution in [0.1, 0.15) is 39.6 Å². The third kappa shape index (κ3) is 4.77. The number of hydrogen-bond donors (Lipinski definition) is 2. The van der Waals surface area contributed by atoms with Crippen molar-refractivity contribution in [1.82, 2.24) is 25.3 Å². The zero-order valence-electron chi connectivity index (χ0n) is 17.4. The van der Waals surface area contributed by atoms with E-state index < -0.39 is 0 Å². The molecule has 4 aromatic rings. The van der Waals surface area contributed by atoms with Crippen LogP contribution in [0.3, 0.4) is 0 Å². The molecule has 4 aromatic heterocycles. The van der Waals surface area contributed by atoms with E-state index >= 15 is 0 Å². The summed E-state index contributed by atoms with van der Waals surface area (Å²) in [5.41, 5.74) is 2.78. The summed E-state index contributed by atoms with van der Waals surface area (Å²) >= 11 is 1.50. The monoisotopic (exact) mass is 434 g/mol. The van der Waals surface area contributed by atoms with Crippen LogP contribution in [-0.2, 0) is 6.54 Å². The average Bonchev–Trinajstić information content (AvgIpc) is 3.17. The molecule has 0 aliphatic carbocycles. The minimum atomic E-state index is -0.282. The summed E-state index contributed by atoms with van der Waals surface area (Å²) in [7, 11) is 1.56. The van der Waals surface area contributed by atoms with Gasteiger partial charge in [0, 0.05) is 23.3 Å². The number of methoxy groups -OCH3 is 1. The fourth-order valence-corrected chi connectivity index (χ4v) is 4.04. The van der Waals surface area contributed by atoms with E-state index in [4.69, 9.17) is 4.74 Å². The summed E-state index contributed by atoms with van der Waals surface area (Å²) in [5.74, 6) is 0.614. The average molecular weight is 435 g/mol. The zero-order valence-corrected chi connectivity index (χ0v) is 18.2. The van der Waals surface area contributed by atoms with E-state index in [1.807, 2.05) is 44.2 Å². The van der Waals surface area contributed by atoms with Crippen molar-refractivity contribution in [2.45, 2.75) is 26.4 Å². The topological polar surface area (TPSA) is 102 Å². The molecular weight excluding hydrogens is 412 g/mol. The van der Waals surface area contributed by atoms with Crippen LogP contribution in [0.2, 0.25) is 0 Å². The number of nitrogens with one attached hydrogen (secondary N) is 2. The molecule has 0 spiro atoms. The molecule has 0 unspecified atom stereocenters. The smallest absolute Gasteiger partial charge is 0.271 e. The number of rotatable bonds is 7. The van der Waals surface area contributed by atoms with Crippen LogP contribution in [0.5, 0.6) is 5.88 Å². The Bertz CT molecular complexity index is 1210. The first-order valence-electron chi connectivity index (χ1n) is 9.76. The highest BCUT2D eigenvalue weighted by Crippen LogP contribution is 2.28. The number of carbonyl (C=O) groups excluding carboxylic acids is 1. The first kappa shape index (κ1) is 20.7. The van der Waals surface area contributed by atoms with Gasteiger partial charge >= 0.3 is 0 Å². The molecular formula is C22H22N6O2S. The molecule has 4 rings (SSSR count). The van der Waals surface area contributed by atoms with E-state index in [2.05, 4.69) is 30.6 Å². The Morgan fingerprint density at radius 1 is 1.19 bits per heavy atom. The van der Waals surface area contributed by atoms with E-state index in [-0.39, 0.29) is 18.5 Å². The van der Waals surface area contributed by atoms with Gasteiger partial charge in [-0.2, -0.15) is 0 Å². The Kier molecular flexibility index (Phi) is 6.03. The van der Waals surface area contributed by atoms with E-state index in [1.165, 1.54) is 11.3 Å². The molecule has 0 bridgehead atoms. The molecule has 158 valence electrons. The van der Waals surface area contributed by atoms with Crippen LogP contribution in [0.15, 0.2) is 48.8 Å². The van der Waals surface area contributed by atoms with Crippen LogP contribution in [0, 0.1) is 6.92 Å². The van der Waals surface area contributed by atoms with Crippen LogP contribution < -0.4 is 15.4 Å². The van der Waals surface area contributed by atoms with Crippen LogP contribution in [-0.4, -0.2) is 33.0 Å². The maximum Gasteiger partial charge on any atom is 0.271 e. The van der Waals surface area contributed by atoms with Crippen molar-refractivity contribution in [3.8, 4) is 5.88 Å². The molecule has 31 heavy (non-hydrogen) atoms. The van der Waals surface area contributed by atoms with Crippen molar-refractivity contribution in [3.05, 3.63) is 70.6 Å². The number of thiophene rings is 1. The van der Waals surface area contributed by atoms with Crippen molar-refractivity contribution < 1.29 is 9.53 Å². The highest BCUT2D eigenvalue weighted by molar-refractivity contribution is 7.19. The first-order valence-corrected chi connectivity index (χ1v) is 10.6. The summed E-state index contributed by atoms with van der Waals surface area (Å²) in [6.07, 6.45) is 3.52. The number of anilines is 1. The minimum absolute atomic E-state index is 0.0669. The Morgan fingerprint density at radius 3 is 2.84 bits per heavy atom. The van der Waals surface area contributed by atoms with Gasteiger partial charge in [0.15, 0.2) is 5.69 Å². The molecule has 4 heterocycles. The number of amides is 1. The fourth-order valence-electron chi connectivity index (χ4n) is 3.10. The number of aromatic nitrogens is 4. The van der Waals surface area contributed by atoms with E-state index in [1.54, 1.807) is 25.6 Å². The zero-order chi connectivity index (χ0) is 21.8. The summed E-state index contributed by atoms with van der Waals surface area (Å²) in [4.78, 5) is 31.7. The second-order valence-electron chi connectivity index (χ2n) is 6.97. The highest BCUT2D eigenvalue weighted by atomic mass is 32.1. The number of fused-ring (bicyclic) bond motifs is 1. The molecule has 0 aliphatic rings. The molecule has 0 aromatic carbocycles. The third-order valence-electron chi connectivity index (χ3n) is 4.66. The molecule has 8 nitrogen and oxygen atoms in total.